The van der Waals surface area contributed by atoms with Gasteiger partial charge in [-0.15, -0.1) is 0 Å². The van der Waals surface area contributed by atoms with Gasteiger partial charge in [0.05, 0.1) is 29.6 Å². The minimum absolute atomic E-state index is 0.0318. The van der Waals surface area contributed by atoms with Crippen LogP contribution in [0.4, 0.5) is 0 Å². The van der Waals surface area contributed by atoms with E-state index in [0.29, 0.717) is 6.10 Å². The smallest absolute Gasteiger partial charge is 0.256 e. The van der Waals surface area contributed by atoms with Crippen molar-refractivity contribution in [2.75, 3.05) is 33.8 Å². The molecule has 0 aromatic carbocycles. The number of hydrogen-bond donors (Lipinski definition) is 1. The first kappa shape index (κ1) is 17.4. The van der Waals surface area contributed by atoms with E-state index >= 15 is 0 Å². The summed E-state index contributed by atoms with van der Waals surface area (Å²) in [4.78, 5) is 16.6. The molecule has 6 heteroatoms. The molecule has 6 nitrogen and oxygen atoms in total. The topological polar surface area (TPSA) is 61.5 Å². The maximum absolute atomic E-state index is 12.4. The van der Waals surface area contributed by atoms with Gasteiger partial charge in [0.1, 0.15) is 0 Å². The average molecular weight is 334 g/mol. The summed E-state index contributed by atoms with van der Waals surface area (Å²) in [5, 5.41) is 7.28. The Balaban J connectivity index is 1.67. The number of ether oxygens (including phenoxy) is 1. The molecular weight excluding hydrogens is 304 g/mol. The lowest BCUT2D eigenvalue weighted by Gasteiger charge is -2.42. The zero-order chi connectivity index (χ0) is 17.1. The summed E-state index contributed by atoms with van der Waals surface area (Å²) < 4.78 is 5.69. The fourth-order valence-electron chi connectivity index (χ4n) is 4.02. The Bertz CT molecular complexity index is 551. The van der Waals surface area contributed by atoms with Gasteiger partial charge in [-0.25, -0.2) is 0 Å². The van der Waals surface area contributed by atoms with E-state index in [2.05, 4.69) is 22.0 Å². The molecule has 1 atom stereocenters. The largest absolute Gasteiger partial charge is 0.378 e. The van der Waals surface area contributed by atoms with E-state index in [1.165, 1.54) is 25.7 Å². The molecule has 2 heterocycles. The fraction of sp³-hybridized carbons (Fsp3) is 0.778. The molecular formula is C18H30N4O2. The van der Waals surface area contributed by atoms with Crippen molar-refractivity contribution < 1.29 is 9.53 Å². The molecule has 0 radical (unpaired) electrons. The van der Waals surface area contributed by atoms with Crippen molar-refractivity contribution in [2.24, 2.45) is 5.92 Å². The molecule has 1 saturated carbocycles. The van der Waals surface area contributed by atoms with Crippen LogP contribution in [0.3, 0.4) is 0 Å². The predicted molar refractivity (Wildman–Crippen MR) is 92.9 cm³/mol. The van der Waals surface area contributed by atoms with E-state index in [9.17, 15) is 4.79 Å². The van der Waals surface area contributed by atoms with Gasteiger partial charge in [0.15, 0.2) is 0 Å². The molecule has 0 bridgehead atoms. The Kier molecular flexibility index (Phi) is 5.56. The number of hydrogen-bond acceptors (Lipinski definition) is 4. The molecule has 1 aliphatic heterocycles. The van der Waals surface area contributed by atoms with Gasteiger partial charge < -0.3 is 9.64 Å². The third-order valence-corrected chi connectivity index (χ3v) is 5.34. The molecule has 2 aliphatic rings. The first-order chi connectivity index (χ1) is 11.6. The molecule has 3 rings (SSSR count). The molecule has 1 saturated heterocycles. The van der Waals surface area contributed by atoms with Crippen LogP contribution in [-0.4, -0.2) is 65.8 Å². The van der Waals surface area contributed by atoms with Crippen LogP contribution in [-0.2, 0) is 4.74 Å². The monoisotopic (exact) mass is 334 g/mol. The number of nitrogens with zero attached hydrogens (tertiary/aromatic N) is 3. The van der Waals surface area contributed by atoms with Gasteiger partial charge in [0, 0.05) is 27.2 Å². The lowest BCUT2D eigenvalue weighted by atomic mass is 9.81. The van der Waals surface area contributed by atoms with E-state index < -0.39 is 0 Å². The molecule has 1 aliphatic carbocycles. The first-order valence-corrected chi connectivity index (χ1v) is 9.20. The summed E-state index contributed by atoms with van der Waals surface area (Å²) in [6.07, 6.45) is 8.02. The standard InChI is InChI=1S/C18H30N4O2/c1-4-24-14-9-13(10-14)12-22-8-6-5-7-16(22)17-15(11-19-20-17)18(23)21(2)3/h11,13-14,16H,4-10,12H2,1-3H3,(H,19,20). The van der Waals surface area contributed by atoms with Crippen LogP contribution in [0.1, 0.15) is 61.1 Å². The number of carbonyl (C=O) groups is 1. The third kappa shape index (κ3) is 3.64. The van der Waals surface area contributed by atoms with Gasteiger partial charge in [-0.2, -0.15) is 5.10 Å². The molecule has 0 spiro atoms. The zero-order valence-corrected chi connectivity index (χ0v) is 15.1. The van der Waals surface area contributed by atoms with E-state index in [1.807, 2.05) is 0 Å². The predicted octanol–water partition coefficient (Wildman–Crippen LogP) is 2.45. The highest BCUT2D eigenvalue weighted by molar-refractivity contribution is 5.94. The second-order valence-electron chi connectivity index (χ2n) is 7.32. The summed E-state index contributed by atoms with van der Waals surface area (Å²) in [6.45, 7) is 5.08. The number of aromatic amines is 1. The van der Waals surface area contributed by atoms with E-state index in [4.69, 9.17) is 4.74 Å². The molecule has 1 unspecified atom stereocenters. The van der Waals surface area contributed by atoms with Crippen molar-refractivity contribution in [3.8, 4) is 0 Å². The molecule has 2 fully saturated rings. The van der Waals surface area contributed by atoms with Gasteiger partial charge in [0.25, 0.3) is 5.91 Å². The number of amides is 1. The van der Waals surface area contributed by atoms with Crippen LogP contribution in [0, 0.1) is 5.92 Å². The average Bonchev–Trinajstić information content (AvgIpc) is 3.01. The molecule has 1 amide bonds. The Morgan fingerprint density at radius 1 is 1.42 bits per heavy atom. The quantitative estimate of drug-likeness (QED) is 0.868. The Morgan fingerprint density at radius 3 is 2.92 bits per heavy atom. The highest BCUT2D eigenvalue weighted by Crippen LogP contribution is 2.37. The van der Waals surface area contributed by atoms with E-state index in [1.54, 1.807) is 25.2 Å². The Hall–Kier alpha value is -1.40. The van der Waals surface area contributed by atoms with Crippen LogP contribution < -0.4 is 0 Å². The van der Waals surface area contributed by atoms with Gasteiger partial charge in [0.2, 0.25) is 0 Å². The number of likely N-dealkylation sites (tertiary alicyclic amines) is 1. The highest BCUT2D eigenvalue weighted by Gasteiger charge is 2.35. The summed E-state index contributed by atoms with van der Waals surface area (Å²) >= 11 is 0. The summed E-state index contributed by atoms with van der Waals surface area (Å²) in [6, 6.07) is 0.284. The number of nitrogens with one attached hydrogen (secondary N) is 1. The Morgan fingerprint density at radius 2 is 2.21 bits per heavy atom. The lowest BCUT2D eigenvalue weighted by molar-refractivity contribution is -0.0400. The third-order valence-electron chi connectivity index (χ3n) is 5.34. The molecule has 1 aromatic heterocycles. The van der Waals surface area contributed by atoms with Crippen LogP contribution in [0.25, 0.3) is 0 Å². The van der Waals surface area contributed by atoms with Crippen molar-refractivity contribution in [1.29, 1.82) is 0 Å². The van der Waals surface area contributed by atoms with Crippen molar-refractivity contribution in [2.45, 2.75) is 51.2 Å². The summed E-state index contributed by atoms with van der Waals surface area (Å²) in [5.74, 6) is 0.752. The zero-order valence-electron chi connectivity index (χ0n) is 15.1. The van der Waals surface area contributed by atoms with Crippen LogP contribution in [0.2, 0.25) is 0 Å². The van der Waals surface area contributed by atoms with Gasteiger partial charge in [-0.1, -0.05) is 6.42 Å². The minimum Gasteiger partial charge on any atom is -0.378 e. The first-order valence-electron chi connectivity index (χ1n) is 9.20. The van der Waals surface area contributed by atoms with Crippen molar-refractivity contribution >= 4 is 5.91 Å². The summed E-state index contributed by atoms with van der Waals surface area (Å²) in [5.41, 5.74) is 1.71. The van der Waals surface area contributed by atoms with E-state index in [-0.39, 0.29) is 11.9 Å². The van der Waals surface area contributed by atoms with E-state index in [0.717, 1.165) is 43.3 Å². The number of H-pyrrole nitrogens is 1. The number of carbonyl (C=O) groups excluding carboxylic acids is 1. The maximum atomic E-state index is 12.4. The lowest BCUT2D eigenvalue weighted by Crippen LogP contribution is -2.43. The van der Waals surface area contributed by atoms with Gasteiger partial charge in [-0.05, 0) is 45.1 Å². The second kappa shape index (κ2) is 7.66. The van der Waals surface area contributed by atoms with Crippen molar-refractivity contribution in [1.82, 2.24) is 20.0 Å². The van der Waals surface area contributed by atoms with Crippen molar-refractivity contribution in [3.05, 3.63) is 17.5 Å². The summed E-state index contributed by atoms with van der Waals surface area (Å²) in [7, 11) is 3.58. The second-order valence-corrected chi connectivity index (χ2v) is 7.32. The number of piperidine rings is 1. The number of rotatable bonds is 6. The maximum Gasteiger partial charge on any atom is 0.256 e. The number of aromatic nitrogens is 2. The van der Waals surface area contributed by atoms with Crippen molar-refractivity contribution in [3.63, 3.8) is 0 Å². The normalized spacial score (nSPS) is 27.7. The molecule has 134 valence electrons. The van der Waals surface area contributed by atoms with Crippen LogP contribution >= 0.6 is 0 Å². The highest BCUT2D eigenvalue weighted by atomic mass is 16.5. The SMILES string of the molecule is CCOC1CC(CN2CCCCC2c2[nH]ncc2C(=O)N(C)C)C1. The molecule has 24 heavy (non-hydrogen) atoms. The molecule has 1 N–H and O–H groups in total. The van der Waals surface area contributed by atoms with Gasteiger partial charge in [-0.3, -0.25) is 14.8 Å². The van der Waals surface area contributed by atoms with Crippen LogP contribution in [0.5, 0.6) is 0 Å². The van der Waals surface area contributed by atoms with Crippen LogP contribution in [0.15, 0.2) is 6.20 Å². The molecule has 1 aromatic rings. The minimum atomic E-state index is 0.0318. The van der Waals surface area contributed by atoms with Gasteiger partial charge >= 0.3 is 0 Å². The fourth-order valence-corrected chi connectivity index (χ4v) is 4.02. The Labute approximate surface area is 144 Å².